The highest BCUT2D eigenvalue weighted by molar-refractivity contribution is 5.14. The van der Waals surface area contributed by atoms with E-state index in [-0.39, 0.29) is 0 Å². The lowest BCUT2D eigenvalue weighted by molar-refractivity contribution is 0.0729. The average molecular weight is 607 g/mol. The number of nitrogens with zero attached hydrogens (tertiary/aromatic N) is 3. The number of piperidine rings is 2. The quantitative estimate of drug-likeness (QED) is 0.297. The molecule has 4 aliphatic rings. The second-order valence-corrected chi connectivity index (χ2v) is 17.6. The first kappa shape index (κ1) is 40.5. The molecular formula is C37H78N6. The molecule has 6 heteroatoms. The summed E-state index contributed by atoms with van der Waals surface area (Å²) in [5.74, 6) is 0.939. The Balaban J connectivity index is 0.000000289. The number of hydrogen-bond acceptors (Lipinski definition) is 6. The van der Waals surface area contributed by atoms with Crippen molar-refractivity contribution in [1.29, 1.82) is 0 Å². The van der Waals surface area contributed by atoms with Gasteiger partial charge in [-0.15, -0.1) is 0 Å². The number of likely N-dealkylation sites (tertiary alicyclic amines) is 1. The predicted octanol–water partition coefficient (Wildman–Crippen LogP) is 6.49. The van der Waals surface area contributed by atoms with Gasteiger partial charge in [0, 0.05) is 62.9 Å². The van der Waals surface area contributed by atoms with Crippen LogP contribution in [0.5, 0.6) is 0 Å². The van der Waals surface area contributed by atoms with E-state index in [4.69, 9.17) is 0 Å². The van der Waals surface area contributed by atoms with Crippen molar-refractivity contribution < 1.29 is 0 Å². The minimum absolute atomic E-state index is 0.358. The number of nitrogens with one attached hydrogen (secondary N) is 3. The Morgan fingerprint density at radius 1 is 0.605 bits per heavy atom. The zero-order valence-corrected chi connectivity index (χ0v) is 31.7. The molecule has 0 radical (unpaired) electrons. The Morgan fingerprint density at radius 3 is 1.37 bits per heavy atom. The normalized spacial score (nSPS) is 22.3. The fourth-order valence-electron chi connectivity index (χ4n) is 6.38. The van der Waals surface area contributed by atoms with Crippen LogP contribution >= 0.6 is 0 Å². The van der Waals surface area contributed by atoms with E-state index in [1.54, 1.807) is 5.57 Å². The molecule has 3 N–H and O–H groups in total. The van der Waals surface area contributed by atoms with E-state index in [0.29, 0.717) is 21.9 Å². The van der Waals surface area contributed by atoms with Gasteiger partial charge >= 0.3 is 0 Å². The van der Waals surface area contributed by atoms with Gasteiger partial charge in [-0.3, -0.25) is 9.80 Å². The SMILES string of the molecule is CC(C)(C)C1=CCNCC1.CC(C)(C)C1CCNCC1.CC(C)(C)N1CCNCC1.CN(C)C1CCN(C(C)(C)C)CC1. The van der Waals surface area contributed by atoms with Crippen LogP contribution in [0.15, 0.2) is 11.6 Å². The Morgan fingerprint density at radius 2 is 1.07 bits per heavy atom. The summed E-state index contributed by atoms with van der Waals surface area (Å²) in [5, 5.41) is 10.0. The smallest absolute Gasteiger partial charge is 0.0137 e. The summed E-state index contributed by atoms with van der Waals surface area (Å²) in [5.41, 5.74) is 3.25. The predicted molar refractivity (Wildman–Crippen MR) is 192 cm³/mol. The van der Waals surface area contributed by atoms with Gasteiger partial charge in [0.25, 0.3) is 0 Å². The summed E-state index contributed by atoms with van der Waals surface area (Å²) in [4.78, 5) is 7.47. The van der Waals surface area contributed by atoms with Gasteiger partial charge in [-0.1, -0.05) is 53.2 Å². The fraction of sp³-hybridized carbons (Fsp3) is 0.946. The average Bonchev–Trinajstić information content (AvgIpc) is 2.94. The molecule has 256 valence electrons. The van der Waals surface area contributed by atoms with Crippen LogP contribution in [0.3, 0.4) is 0 Å². The summed E-state index contributed by atoms with van der Waals surface area (Å²) < 4.78 is 0. The standard InChI is InChI=1S/C11H24N2.C9H19N.C9H17N.C8H18N2/c1-11(2,3)13-8-6-10(7-9-13)12(4)5;2*1-9(2,3)8-4-6-10-7-5-8;1-8(2,3)10-6-4-9-5-7-10/h10H,6-9H2,1-5H3;8,10H,4-7H2,1-3H3;4,10H,5-7H2,1-3H3;9H,4-7H2,1-3H3. The summed E-state index contributed by atoms with van der Waals surface area (Å²) in [6.45, 7) is 39.5. The molecule has 0 spiro atoms. The molecule has 4 rings (SSSR count). The molecule has 0 aliphatic carbocycles. The van der Waals surface area contributed by atoms with Crippen LogP contribution < -0.4 is 16.0 Å². The number of rotatable bonds is 1. The van der Waals surface area contributed by atoms with Crippen molar-refractivity contribution in [2.75, 3.05) is 79.5 Å². The van der Waals surface area contributed by atoms with Gasteiger partial charge in [0.1, 0.15) is 0 Å². The van der Waals surface area contributed by atoms with E-state index in [0.717, 1.165) is 38.1 Å². The molecule has 0 aromatic heterocycles. The molecule has 0 amide bonds. The third-order valence-electron chi connectivity index (χ3n) is 9.80. The number of piperazine rings is 1. The molecule has 0 saturated carbocycles. The second kappa shape index (κ2) is 18.6. The van der Waals surface area contributed by atoms with Crippen LogP contribution in [-0.2, 0) is 0 Å². The lowest BCUT2D eigenvalue weighted by Crippen LogP contribution is -2.51. The highest BCUT2D eigenvalue weighted by atomic mass is 15.2. The maximum absolute atomic E-state index is 3.39. The molecule has 3 saturated heterocycles. The van der Waals surface area contributed by atoms with Gasteiger partial charge in [-0.25, -0.2) is 0 Å². The van der Waals surface area contributed by atoms with Crippen molar-refractivity contribution in [2.24, 2.45) is 16.7 Å². The highest BCUT2D eigenvalue weighted by Crippen LogP contribution is 2.32. The van der Waals surface area contributed by atoms with Gasteiger partial charge < -0.3 is 20.9 Å². The van der Waals surface area contributed by atoms with Crippen molar-refractivity contribution >= 4 is 0 Å². The van der Waals surface area contributed by atoms with Gasteiger partial charge in [0.05, 0.1) is 0 Å². The topological polar surface area (TPSA) is 45.8 Å². The minimum atomic E-state index is 0.358. The fourth-order valence-corrected chi connectivity index (χ4v) is 6.38. The van der Waals surface area contributed by atoms with Crippen molar-refractivity contribution in [1.82, 2.24) is 30.7 Å². The minimum Gasteiger partial charge on any atom is -0.317 e. The zero-order valence-electron chi connectivity index (χ0n) is 31.7. The summed E-state index contributed by atoms with van der Waals surface area (Å²) in [6, 6.07) is 0.804. The zero-order chi connectivity index (χ0) is 32.9. The van der Waals surface area contributed by atoms with Crippen LogP contribution in [0.1, 0.15) is 115 Å². The third-order valence-corrected chi connectivity index (χ3v) is 9.80. The second-order valence-electron chi connectivity index (χ2n) is 17.6. The molecular weight excluding hydrogens is 528 g/mol. The van der Waals surface area contributed by atoms with Crippen molar-refractivity contribution in [3.63, 3.8) is 0 Å². The third kappa shape index (κ3) is 17.1. The van der Waals surface area contributed by atoms with Crippen molar-refractivity contribution in [2.45, 2.75) is 132 Å². The van der Waals surface area contributed by atoms with Crippen molar-refractivity contribution in [3.8, 4) is 0 Å². The molecule has 0 aromatic rings. The van der Waals surface area contributed by atoms with Crippen molar-refractivity contribution in [3.05, 3.63) is 11.6 Å². The van der Waals surface area contributed by atoms with E-state index in [2.05, 4.69) is 134 Å². The molecule has 6 nitrogen and oxygen atoms in total. The van der Waals surface area contributed by atoms with E-state index < -0.39 is 0 Å². The lowest BCUT2D eigenvalue weighted by Gasteiger charge is -2.42. The first-order valence-corrected chi connectivity index (χ1v) is 17.7. The maximum atomic E-state index is 3.39. The van der Waals surface area contributed by atoms with Crippen LogP contribution in [0.4, 0.5) is 0 Å². The Labute approximate surface area is 270 Å². The first-order chi connectivity index (χ1) is 19.7. The monoisotopic (exact) mass is 607 g/mol. The number of hydrogen-bond donors (Lipinski definition) is 3. The molecule has 0 unspecified atom stereocenters. The van der Waals surface area contributed by atoms with Crippen LogP contribution in [0, 0.1) is 16.7 Å². The van der Waals surface area contributed by atoms with E-state index in [9.17, 15) is 0 Å². The lowest BCUT2D eigenvalue weighted by atomic mass is 9.76. The van der Waals surface area contributed by atoms with E-state index in [1.165, 1.54) is 71.4 Å². The molecule has 43 heavy (non-hydrogen) atoms. The molecule has 0 atom stereocenters. The van der Waals surface area contributed by atoms with Gasteiger partial charge in [0.15, 0.2) is 0 Å². The summed E-state index contributed by atoms with van der Waals surface area (Å²) in [6.07, 6.45) is 8.93. The first-order valence-electron chi connectivity index (χ1n) is 17.7. The summed E-state index contributed by atoms with van der Waals surface area (Å²) in [7, 11) is 4.38. The summed E-state index contributed by atoms with van der Waals surface area (Å²) >= 11 is 0. The van der Waals surface area contributed by atoms with Crippen LogP contribution in [-0.4, -0.2) is 111 Å². The Bertz CT molecular complexity index is 714. The molecule has 4 heterocycles. The van der Waals surface area contributed by atoms with Gasteiger partial charge in [0.2, 0.25) is 0 Å². The Hall–Kier alpha value is -0.500. The van der Waals surface area contributed by atoms with Crippen LogP contribution in [0.25, 0.3) is 0 Å². The van der Waals surface area contributed by atoms with Gasteiger partial charge in [-0.05, 0) is 124 Å². The maximum Gasteiger partial charge on any atom is 0.0137 e. The molecule has 3 fully saturated rings. The largest absolute Gasteiger partial charge is 0.317 e. The van der Waals surface area contributed by atoms with E-state index in [1.807, 2.05) is 0 Å². The molecule has 4 aliphatic heterocycles. The molecule has 0 bridgehead atoms. The van der Waals surface area contributed by atoms with Gasteiger partial charge in [-0.2, -0.15) is 0 Å². The molecule has 0 aromatic carbocycles. The highest BCUT2D eigenvalue weighted by Gasteiger charge is 2.28. The van der Waals surface area contributed by atoms with E-state index >= 15 is 0 Å². The van der Waals surface area contributed by atoms with Crippen LogP contribution in [0.2, 0.25) is 0 Å². The Kier molecular flexibility index (Phi) is 17.5.